The molecule has 1 rings (SSSR count). The molecule has 1 aromatic heterocycles. The van der Waals surface area contributed by atoms with E-state index in [1.165, 1.54) is 11.4 Å². The molecule has 0 bridgehead atoms. The summed E-state index contributed by atoms with van der Waals surface area (Å²) >= 11 is 0.863. The van der Waals surface area contributed by atoms with Crippen molar-refractivity contribution in [1.82, 2.24) is 4.72 Å². The summed E-state index contributed by atoms with van der Waals surface area (Å²) in [5.74, 6) is -1.27. The third kappa shape index (κ3) is 3.75. The molecule has 0 fully saturated rings. The SMILES string of the molecule is CCC(C)(CCO)NS(=O)(=O)c1ccsc1C(=O)O. The molecule has 0 aliphatic carbocycles. The van der Waals surface area contributed by atoms with Crippen molar-refractivity contribution < 1.29 is 23.4 Å². The van der Waals surface area contributed by atoms with Crippen LogP contribution in [0.1, 0.15) is 36.4 Å². The number of aliphatic hydroxyl groups is 1. The van der Waals surface area contributed by atoms with Gasteiger partial charge in [0.15, 0.2) is 0 Å². The van der Waals surface area contributed by atoms with E-state index in [1.54, 1.807) is 13.8 Å². The lowest BCUT2D eigenvalue weighted by molar-refractivity contribution is 0.0698. The molecule has 1 atom stereocenters. The summed E-state index contributed by atoms with van der Waals surface area (Å²) in [6.07, 6.45) is 0.745. The topological polar surface area (TPSA) is 104 Å². The summed E-state index contributed by atoms with van der Waals surface area (Å²) in [6, 6.07) is 1.27. The highest BCUT2D eigenvalue weighted by Gasteiger charge is 2.31. The maximum atomic E-state index is 12.2. The summed E-state index contributed by atoms with van der Waals surface area (Å²) in [5.41, 5.74) is -0.800. The first-order chi connectivity index (χ1) is 8.75. The van der Waals surface area contributed by atoms with Gasteiger partial charge in [0.1, 0.15) is 9.77 Å². The lowest BCUT2D eigenvalue weighted by atomic mass is 9.97. The van der Waals surface area contributed by atoms with Gasteiger partial charge in [-0.25, -0.2) is 17.9 Å². The Morgan fingerprint density at radius 3 is 2.63 bits per heavy atom. The molecule has 1 heterocycles. The minimum Gasteiger partial charge on any atom is -0.477 e. The normalized spacial score (nSPS) is 15.1. The molecule has 0 amide bonds. The molecule has 0 aliphatic rings. The fourth-order valence-electron chi connectivity index (χ4n) is 1.59. The molecule has 1 aromatic rings. The van der Waals surface area contributed by atoms with Crippen molar-refractivity contribution in [2.75, 3.05) is 6.61 Å². The third-order valence-electron chi connectivity index (χ3n) is 2.94. The van der Waals surface area contributed by atoms with Crippen LogP contribution in [0.15, 0.2) is 16.3 Å². The van der Waals surface area contributed by atoms with E-state index < -0.39 is 21.5 Å². The van der Waals surface area contributed by atoms with Crippen LogP contribution in [-0.4, -0.2) is 36.7 Å². The third-order valence-corrected chi connectivity index (χ3v) is 5.65. The predicted molar refractivity (Wildman–Crippen MR) is 72.0 cm³/mol. The maximum Gasteiger partial charge on any atom is 0.347 e. The minimum atomic E-state index is -3.92. The number of hydrogen-bond acceptors (Lipinski definition) is 5. The summed E-state index contributed by atoms with van der Waals surface area (Å²) in [5, 5.41) is 19.4. The summed E-state index contributed by atoms with van der Waals surface area (Å²) in [7, 11) is -3.92. The number of aliphatic hydroxyl groups excluding tert-OH is 1. The highest BCUT2D eigenvalue weighted by atomic mass is 32.2. The zero-order chi connectivity index (χ0) is 14.7. The first-order valence-corrected chi connectivity index (χ1v) is 8.07. The predicted octanol–water partition coefficient (Wildman–Crippen LogP) is 1.28. The number of rotatable bonds is 7. The van der Waals surface area contributed by atoms with Gasteiger partial charge in [-0.15, -0.1) is 11.3 Å². The van der Waals surface area contributed by atoms with Gasteiger partial charge in [0.05, 0.1) is 0 Å². The van der Waals surface area contributed by atoms with Crippen molar-refractivity contribution in [2.45, 2.75) is 37.1 Å². The van der Waals surface area contributed by atoms with E-state index in [2.05, 4.69) is 4.72 Å². The fraction of sp³-hybridized carbons (Fsp3) is 0.545. The first-order valence-electron chi connectivity index (χ1n) is 5.71. The molecule has 0 radical (unpaired) electrons. The van der Waals surface area contributed by atoms with Crippen molar-refractivity contribution >= 4 is 27.3 Å². The van der Waals surface area contributed by atoms with Crippen LogP contribution < -0.4 is 4.72 Å². The second-order valence-corrected chi connectivity index (χ2v) is 6.98. The zero-order valence-electron chi connectivity index (χ0n) is 10.7. The average molecular weight is 307 g/mol. The van der Waals surface area contributed by atoms with Crippen LogP contribution >= 0.6 is 11.3 Å². The Hall–Kier alpha value is -0.960. The van der Waals surface area contributed by atoms with Gasteiger partial charge < -0.3 is 10.2 Å². The van der Waals surface area contributed by atoms with Crippen LogP contribution in [0.2, 0.25) is 0 Å². The van der Waals surface area contributed by atoms with Gasteiger partial charge in [-0.2, -0.15) is 0 Å². The number of thiophene rings is 1. The lowest BCUT2D eigenvalue weighted by Gasteiger charge is -2.28. The number of carboxylic acid groups (broad SMARTS) is 1. The van der Waals surface area contributed by atoms with Gasteiger partial charge in [0.25, 0.3) is 0 Å². The molecule has 6 nitrogen and oxygen atoms in total. The Labute approximate surface area is 116 Å². The van der Waals surface area contributed by atoms with Crippen LogP contribution in [0.5, 0.6) is 0 Å². The number of carbonyl (C=O) groups is 1. The van der Waals surface area contributed by atoms with Crippen molar-refractivity contribution in [1.29, 1.82) is 0 Å². The fourth-order valence-corrected chi connectivity index (χ4v) is 4.36. The van der Waals surface area contributed by atoms with Crippen molar-refractivity contribution in [3.8, 4) is 0 Å². The molecular weight excluding hydrogens is 290 g/mol. The highest BCUT2D eigenvalue weighted by molar-refractivity contribution is 7.89. The minimum absolute atomic E-state index is 0.151. The van der Waals surface area contributed by atoms with Crippen LogP contribution in [0, 0.1) is 0 Å². The molecule has 0 saturated heterocycles. The summed E-state index contributed by atoms with van der Waals surface area (Å²) in [6.45, 7) is 3.32. The van der Waals surface area contributed by atoms with E-state index in [4.69, 9.17) is 10.2 Å². The standard InChI is InChI=1S/C11H17NO5S2/c1-3-11(2,5-6-13)12-19(16,17)8-4-7-18-9(8)10(14)15/h4,7,12-13H,3,5-6H2,1-2H3,(H,14,15). The van der Waals surface area contributed by atoms with E-state index in [-0.39, 0.29) is 22.8 Å². The van der Waals surface area contributed by atoms with Crippen molar-refractivity contribution in [3.63, 3.8) is 0 Å². The molecule has 8 heteroatoms. The molecule has 108 valence electrons. The number of aromatic carboxylic acids is 1. The van der Waals surface area contributed by atoms with Gasteiger partial charge in [0, 0.05) is 12.1 Å². The maximum absolute atomic E-state index is 12.2. The van der Waals surface area contributed by atoms with Gasteiger partial charge >= 0.3 is 5.97 Å². The van der Waals surface area contributed by atoms with Crippen molar-refractivity contribution in [2.24, 2.45) is 0 Å². The molecule has 19 heavy (non-hydrogen) atoms. The molecule has 0 saturated carbocycles. The first kappa shape index (κ1) is 16.1. The number of nitrogens with one attached hydrogen (secondary N) is 1. The van der Waals surface area contributed by atoms with Gasteiger partial charge in [-0.1, -0.05) is 6.92 Å². The molecule has 1 unspecified atom stereocenters. The van der Waals surface area contributed by atoms with Crippen LogP contribution in [0.4, 0.5) is 0 Å². The van der Waals surface area contributed by atoms with Crippen LogP contribution in [-0.2, 0) is 10.0 Å². The van der Waals surface area contributed by atoms with Crippen LogP contribution in [0.3, 0.4) is 0 Å². The van der Waals surface area contributed by atoms with Crippen molar-refractivity contribution in [3.05, 3.63) is 16.3 Å². The summed E-state index contributed by atoms with van der Waals surface area (Å²) in [4.78, 5) is 10.5. The molecular formula is C11H17NO5S2. The van der Waals surface area contributed by atoms with Gasteiger partial charge in [-0.3, -0.25) is 0 Å². The Morgan fingerprint density at radius 1 is 1.53 bits per heavy atom. The Kier molecular flexibility index (Phi) is 5.08. The van der Waals surface area contributed by atoms with Gasteiger partial charge in [0.2, 0.25) is 10.0 Å². The Bertz CT molecular complexity index is 551. The Balaban J connectivity index is 3.11. The monoisotopic (exact) mass is 307 g/mol. The summed E-state index contributed by atoms with van der Waals surface area (Å²) < 4.78 is 26.9. The largest absolute Gasteiger partial charge is 0.477 e. The van der Waals surface area contributed by atoms with E-state index in [0.717, 1.165) is 11.3 Å². The highest BCUT2D eigenvalue weighted by Crippen LogP contribution is 2.25. The quantitative estimate of drug-likeness (QED) is 0.704. The molecule has 3 N–H and O–H groups in total. The number of hydrogen-bond donors (Lipinski definition) is 3. The molecule has 0 aromatic carbocycles. The lowest BCUT2D eigenvalue weighted by Crippen LogP contribution is -2.46. The molecule has 0 aliphatic heterocycles. The average Bonchev–Trinajstić information content (AvgIpc) is 2.78. The number of carboxylic acids is 1. The Morgan fingerprint density at radius 2 is 2.16 bits per heavy atom. The number of sulfonamides is 1. The van der Waals surface area contributed by atoms with E-state index in [1.807, 2.05) is 0 Å². The van der Waals surface area contributed by atoms with E-state index in [9.17, 15) is 13.2 Å². The van der Waals surface area contributed by atoms with E-state index >= 15 is 0 Å². The van der Waals surface area contributed by atoms with E-state index in [0.29, 0.717) is 6.42 Å². The molecule has 0 spiro atoms. The van der Waals surface area contributed by atoms with Crippen LogP contribution in [0.25, 0.3) is 0 Å². The zero-order valence-corrected chi connectivity index (χ0v) is 12.3. The second kappa shape index (κ2) is 6.00. The second-order valence-electron chi connectivity index (χ2n) is 4.41. The smallest absolute Gasteiger partial charge is 0.347 e. The van der Waals surface area contributed by atoms with Gasteiger partial charge in [-0.05, 0) is 31.2 Å².